The Bertz CT molecular complexity index is 812. The molecule has 4 rings (SSSR count). The van der Waals surface area contributed by atoms with Crippen LogP contribution in [0.1, 0.15) is 19.8 Å². The predicted octanol–water partition coefficient (Wildman–Crippen LogP) is 3.93. The zero-order valence-electron chi connectivity index (χ0n) is 13.3. The van der Waals surface area contributed by atoms with Gasteiger partial charge >= 0.3 is 0 Å². The maximum Gasteiger partial charge on any atom is 0.162 e. The summed E-state index contributed by atoms with van der Waals surface area (Å²) in [7, 11) is 0. The van der Waals surface area contributed by atoms with Crippen LogP contribution in [0.4, 0.5) is 5.82 Å². The molecule has 0 bridgehead atoms. The first-order chi connectivity index (χ1) is 11.3. The lowest BCUT2D eigenvalue weighted by Gasteiger charge is -2.23. The Morgan fingerprint density at radius 2 is 1.83 bits per heavy atom. The summed E-state index contributed by atoms with van der Waals surface area (Å²) in [6, 6.07) is 12.2. The molecule has 0 radical (unpaired) electrons. The van der Waals surface area contributed by atoms with Crippen molar-refractivity contribution in [3.63, 3.8) is 0 Å². The summed E-state index contributed by atoms with van der Waals surface area (Å²) in [6.45, 7) is 4.26. The van der Waals surface area contributed by atoms with Gasteiger partial charge in [-0.2, -0.15) is 0 Å². The third-order valence-electron chi connectivity index (χ3n) is 4.38. The number of aromatic nitrogens is 3. The minimum absolute atomic E-state index is 0.773. The molecule has 0 amide bonds. The van der Waals surface area contributed by atoms with E-state index in [-0.39, 0.29) is 0 Å². The number of pyridine rings is 1. The molecular weight excluding hydrogens is 284 g/mol. The quantitative estimate of drug-likeness (QED) is 0.716. The van der Waals surface area contributed by atoms with Gasteiger partial charge in [0, 0.05) is 36.4 Å². The molecule has 0 aliphatic heterocycles. The van der Waals surface area contributed by atoms with Crippen molar-refractivity contribution in [1.29, 1.82) is 0 Å². The maximum absolute atomic E-state index is 4.91. The van der Waals surface area contributed by atoms with Crippen molar-refractivity contribution in [2.45, 2.75) is 19.8 Å². The van der Waals surface area contributed by atoms with Gasteiger partial charge in [0.1, 0.15) is 5.82 Å². The van der Waals surface area contributed by atoms with Gasteiger partial charge in [0.25, 0.3) is 0 Å². The molecule has 1 aromatic carbocycles. The first-order valence-electron chi connectivity index (χ1n) is 8.27. The Morgan fingerprint density at radius 1 is 1.04 bits per heavy atom. The second-order valence-corrected chi connectivity index (χ2v) is 6.11. The molecule has 0 spiro atoms. The molecule has 1 aliphatic carbocycles. The van der Waals surface area contributed by atoms with Gasteiger partial charge in [-0.15, -0.1) is 0 Å². The molecule has 2 aromatic heterocycles. The molecule has 0 atom stereocenters. The van der Waals surface area contributed by atoms with E-state index in [1.807, 2.05) is 18.2 Å². The van der Waals surface area contributed by atoms with Crippen molar-refractivity contribution in [3.05, 3.63) is 48.8 Å². The molecular formula is C19H20N4. The van der Waals surface area contributed by atoms with Crippen molar-refractivity contribution >= 4 is 16.7 Å². The Morgan fingerprint density at radius 3 is 2.57 bits per heavy atom. The molecule has 1 aliphatic rings. The van der Waals surface area contributed by atoms with Gasteiger partial charge in [0.15, 0.2) is 5.82 Å². The van der Waals surface area contributed by atoms with E-state index in [1.165, 1.54) is 12.8 Å². The number of fused-ring (bicyclic) bond motifs is 1. The zero-order valence-corrected chi connectivity index (χ0v) is 13.3. The van der Waals surface area contributed by atoms with E-state index >= 15 is 0 Å². The highest BCUT2D eigenvalue weighted by molar-refractivity contribution is 5.91. The van der Waals surface area contributed by atoms with Crippen molar-refractivity contribution in [2.24, 2.45) is 5.92 Å². The van der Waals surface area contributed by atoms with E-state index < -0.39 is 0 Å². The van der Waals surface area contributed by atoms with Gasteiger partial charge < -0.3 is 4.90 Å². The summed E-state index contributed by atoms with van der Waals surface area (Å²) in [5, 5.41) is 1.13. The predicted molar refractivity (Wildman–Crippen MR) is 93.4 cm³/mol. The standard InChI is InChI=1S/C19H20N4/c1-2-23(13-14-7-8-14)19-16-5-3-4-6-17(16)21-18(22-19)15-9-11-20-12-10-15/h3-6,9-12,14H,2,7-8,13H2,1H3. The summed E-state index contributed by atoms with van der Waals surface area (Å²) in [5.41, 5.74) is 2.01. The van der Waals surface area contributed by atoms with Gasteiger partial charge in [0.05, 0.1) is 5.52 Å². The number of benzene rings is 1. The number of hydrogen-bond donors (Lipinski definition) is 0. The normalized spacial score (nSPS) is 14.1. The summed E-state index contributed by atoms with van der Waals surface area (Å²) < 4.78 is 0. The average molecular weight is 304 g/mol. The SMILES string of the molecule is CCN(CC1CC1)c1nc(-c2ccncc2)nc2ccccc12. The highest BCUT2D eigenvalue weighted by atomic mass is 15.2. The molecule has 0 unspecified atom stereocenters. The van der Waals surface area contributed by atoms with Gasteiger partial charge in [0.2, 0.25) is 0 Å². The Balaban J connectivity index is 1.86. The van der Waals surface area contributed by atoms with Gasteiger partial charge in [-0.3, -0.25) is 4.98 Å². The Labute approximate surface area is 136 Å². The van der Waals surface area contributed by atoms with Crippen LogP contribution in [0.15, 0.2) is 48.8 Å². The smallest absolute Gasteiger partial charge is 0.162 e. The summed E-state index contributed by atoms with van der Waals surface area (Å²) in [6.07, 6.45) is 6.26. The van der Waals surface area contributed by atoms with E-state index in [4.69, 9.17) is 9.97 Å². The van der Waals surface area contributed by atoms with Crippen LogP contribution in [-0.2, 0) is 0 Å². The van der Waals surface area contributed by atoms with Crippen molar-refractivity contribution in [1.82, 2.24) is 15.0 Å². The van der Waals surface area contributed by atoms with Gasteiger partial charge in [-0.1, -0.05) is 12.1 Å². The number of rotatable bonds is 5. The molecule has 23 heavy (non-hydrogen) atoms. The molecule has 3 aromatic rings. The van der Waals surface area contributed by atoms with Crippen molar-refractivity contribution in [3.8, 4) is 11.4 Å². The molecule has 4 nitrogen and oxygen atoms in total. The Hall–Kier alpha value is -2.49. The Kier molecular flexibility index (Phi) is 3.66. The molecule has 1 saturated carbocycles. The van der Waals surface area contributed by atoms with Crippen LogP contribution < -0.4 is 4.90 Å². The molecule has 0 saturated heterocycles. The van der Waals surface area contributed by atoms with E-state index in [0.29, 0.717) is 0 Å². The lowest BCUT2D eigenvalue weighted by atomic mass is 10.2. The summed E-state index contributed by atoms with van der Waals surface area (Å²) >= 11 is 0. The van der Waals surface area contributed by atoms with Crippen LogP contribution >= 0.6 is 0 Å². The van der Waals surface area contributed by atoms with E-state index in [9.17, 15) is 0 Å². The fourth-order valence-electron chi connectivity index (χ4n) is 2.91. The van der Waals surface area contributed by atoms with Gasteiger partial charge in [-0.05, 0) is 49.9 Å². The fourth-order valence-corrected chi connectivity index (χ4v) is 2.91. The highest BCUT2D eigenvalue weighted by Gasteiger charge is 2.25. The van der Waals surface area contributed by atoms with Crippen molar-refractivity contribution in [2.75, 3.05) is 18.0 Å². The van der Waals surface area contributed by atoms with E-state index in [0.717, 1.165) is 47.1 Å². The number of nitrogens with zero attached hydrogens (tertiary/aromatic N) is 4. The van der Waals surface area contributed by atoms with E-state index in [1.54, 1.807) is 12.4 Å². The molecule has 116 valence electrons. The second-order valence-electron chi connectivity index (χ2n) is 6.11. The maximum atomic E-state index is 4.91. The molecule has 4 heteroatoms. The zero-order chi connectivity index (χ0) is 15.6. The third kappa shape index (κ3) is 2.89. The molecule has 2 heterocycles. The lowest BCUT2D eigenvalue weighted by molar-refractivity contribution is 0.734. The minimum Gasteiger partial charge on any atom is -0.356 e. The third-order valence-corrected chi connectivity index (χ3v) is 4.38. The second kappa shape index (κ2) is 5.95. The number of para-hydroxylation sites is 1. The summed E-state index contributed by atoms with van der Waals surface area (Å²) in [4.78, 5) is 16.1. The average Bonchev–Trinajstić information content (AvgIpc) is 3.44. The van der Waals surface area contributed by atoms with Crippen LogP contribution in [0.2, 0.25) is 0 Å². The first-order valence-corrected chi connectivity index (χ1v) is 8.27. The summed E-state index contributed by atoms with van der Waals surface area (Å²) in [5.74, 6) is 2.65. The first kappa shape index (κ1) is 14.1. The molecule has 0 N–H and O–H groups in total. The number of hydrogen-bond acceptors (Lipinski definition) is 4. The van der Waals surface area contributed by atoms with Gasteiger partial charge in [-0.25, -0.2) is 9.97 Å². The van der Waals surface area contributed by atoms with Crippen LogP contribution in [-0.4, -0.2) is 28.0 Å². The lowest BCUT2D eigenvalue weighted by Crippen LogP contribution is -2.26. The minimum atomic E-state index is 0.773. The van der Waals surface area contributed by atoms with Crippen LogP contribution in [0, 0.1) is 5.92 Å². The highest BCUT2D eigenvalue weighted by Crippen LogP contribution is 2.33. The fraction of sp³-hybridized carbons (Fsp3) is 0.316. The van der Waals surface area contributed by atoms with Crippen LogP contribution in [0.3, 0.4) is 0 Å². The van der Waals surface area contributed by atoms with Crippen molar-refractivity contribution < 1.29 is 0 Å². The molecule has 1 fully saturated rings. The topological polar surface area (TPSA) is 41.9 Å². The largest absolute Gasteiger partial charge is 0.356 e. The number of anilines is 1. The van der Waals surface area contributed by atoms with E-state index in [2.05, 4.69) is 35.0 Å². The van der Waals surface area contributed by atoms with Crippen LogP contribution in [0.5, 0.6) is 0 Å². The van der Waals surface area contributed by atoms with Crippen LogP contribution in [0.25, 0.3) is 22.3 Å². The monoisotopic (exact) mass is 304 g/mol.